The fourth-order valence-corrected chi connectivity index (χ4v) is 1.78. The molecular weight excluding hydrogens is 240 g/mol. The summed E-state index contributed by atoms with van der Waals surface area (Å²) < 4.78 is 0. The molecule has 0 spiro atoms. The summed E-state index contributed by atoms with van der Waals surface area (Å²) in [6.07, 6.45) is 1.57. The standard InChI is InChI=1S/C14H16N4O/c1-9-5-3-7-12(10(9)2)17-14(19)11-6-4-8-16-13(11)18-15/h3-8H,15H2,1-2H3,(H,16,18)(H,17,19). The number of rotatable bonds is 3. The van der Waals surface area contributed by atoms with Crippen LogP contribution in [0, 0.1) is 13.8 Å². The fraction of sp³-hybridized carbons (Fsp3) is 0.143. The molecule has 1 amide bonds. The number of benzene rings is 1. The Morgan fingerprint density at radius 2 is 2.00 bits per heavy atom. The smallest absolute Gasteiger partial charge is 0.259 e. The predicted molar refractivity (Wildman–Crippen MR) is 75.9 cm³/mol. The molecule has 1 aromatic carbocycles. The number of aryl methyl sites for hydroxylation is 1. The molecular formula is C14H16N4O. The van der Waals surface area contributed by atoms with Gasteiger partial charge in [0.1, 0.15) is 0 Å². The maximum absolute atomic E-state index is 12.2. The molecule has 0 saturated carbocycles. The van der Waals surface area contributed by atoms with Crippen molar-refractivity contribution in [3.63, 3.8) is 0 Å². The van der Waals surface area contributed by atoms with Crippen LogP contribution < -0.4 is 16.6 Å². The number of amides is 1. The number of nitrogen functional groups attached to an aromatic ring is 1. The Balaban J connectivity index is 2.28. The molecule has 0 aliphatic rings. The van der Waals surface area contributed by atoms with Gasteiger partial charge in [0.15, 0.2) is 5.82 Å². The highest BCUT2D eigenvalue weighted by molar-refractivity contribution is 6.07. The number of nitrogens with two attached hydrogens (primary N) is 1. The maximum Gasteiger partial charge on any atom is 0.259 e. The van der Waals surface area contributed by atoms with Crippen LogP contribution >= 0.6 is 0 Å². The number of hydrogen-bond donors (Lipinski definition) is 3. The summed E-state index contributed by atoms with van der Waals surface area (Å²) in [5.41, 5.74) is 5.78. The SMILES string of the molecule is Cc1cccc(NC(=O)c2cccnc2NN)c1C. The summed E-state index contributed by atoms with van der Waals surface area (Å²) in [4.78, 5) is 16.2. The molecule has 0 aliphatic carbocycles. The number of anilines is 2. The van der Waals surface area contributed by atoms with Gasteiger partial charge < -0.3 is 10.7 Å². The van der Waals surface area contributed by atoms with Gasteiger partial charge in [0.05, 0.1) is 5.56 Å². The van der Waals surface area contributed by atoms with E-state index in [0.717, 1.165) is 16.8 Å². The van der Waals surface area contributed by atoms with Crippen molar-refractivity contribution in [3.05, 3.63) is 53.2 Å². The molecule has 4 N–H and O–H groups in total. The Morgan fingerprint density at radius 3 is 2.74 bits per heavy atom. The second-order valence-electron chi connectivity index (χ2n) is 4.25. The van der Waals surface area contributed by atoms with Gasteiger partial charge in [0.2, 0.25) is 0 Å². The molecule has 1 aromatic heterocycles. The number of hydrazine groups is 1. The van der Waals surface area contributed by atoms with E-state index in [0.29, 0.717) is 11.4 Å². The zero-order chi connectivity index (χ0) is 13.8. The van der Waals surface area contributed by atoms with E-state index in [-0.39, 0.29) is 5.91 Å². The van der Waals surface area contributed by atoms with Gasteiger partial charge in [0.25, 0.3) is 5.91 Å². The van der Waals surface area contributed by atoms with Crippen molar-refractivity contribution < 1.29 is 4.79 Å². The summed E-state index contributed by atoms with van der Waals surface area (Å²) in [6, 6.07) is 9.14. The minimum absolute atomic E-state index is 0.241. The molecule has 0 unspecified atom stereocenters. The Morgan fingerprint density at radius 1 is 1.21 bits per heavy atom. The molecule has 1 heterocycles. The van der Waals surface area contributed by atoms with Crippen LogP contribution in [-0.2, 0) is 0 Å². The van der Waals surface area contributed by atoms with E-state index in [1.165, 1.54) is 0 Å². The monoisotopic (exact) mass is 256 g/mol. The lowest BCUT2D eigenvalue weighted by atomic mass is 10.1. The third-order valence-corrected chi connectivity index (χ3v) is 3.04. The van der Waals surface area contributed by atoms with E-state index >= 15 is 0 Å². The molecule has 0 radical (unpaired) electrons. The summed E-state index contributed by atoms with van der Waals surface area (Å²) >= 11 is 0. The molecule has 98 valence electrons. The van der Waals surface area contributed by atoms with Gasteiger partial charge in [-0.05, 0) is 43.2 Å². The van der Waals surface area contributed by atoms with Gasteiger partial charge >= 0.3 is 0 Å². The second kappa shape index (κ2) is 5.49. The number of nitrogens with one attached hydrogen (secondary N) is 2. The number of carbonyl (C=O) groups excluding carboxylic acids is 1. The van der Waals surface area contributed by atoms with Crippen molar-refractivity contribution >= 4 is 17.4 Å². The van der Waals surface area contributed by atoms with E-state index in [4.69, 9.17) is 5.84 Å². The molecule has 0 saturated heterocycles. The van der Waals surface area contributed by atoms with E-state index in [1.807, 2.05) is 32.0 Å². The lowest BCUT2D eigenvalue weighted by Gasteiger charge is -2.11. The lowest BCUT2D eigenvalue weighted by Crippen LogP contribution is -2.18. The van der Waals surface area contributed by atoms with Crippen molar-refractivity contribution in [2.24, 2.45) is 5.84 Å². The fourth-order valence-electron chi connectivity index (χ4n) is 1.78. The van der Waals surface area contributed by atoms with Crippen molar-refractivity contribution in [3.8, 4) is 0 Å². The quantitative estimate of drug-likeness (QED) is 0.581. The van der Waals surface area contributed by atoms with Gasteiger partial charge in [-0.15, -0.1) is 0 Å². The topological polar surface area (TPSA) is 80.0 Å². The predicted octanol–water partition coefficient (Wildman–Crippen LogP) is 2.24. The van der Waals surface area contributed by atoms with Crippen LogP contribution in [0.2, 0.25) is 0 Å². The molecule has 0 atom stereocenters. The average Bonchev–Trinajstić information content (AvgIpc) is 2.43. The van der Waals surface area contributed by atoms with Crippen LogP contribution in [0.3, 0.4) is 0 Å². The minimum Gasteiger partial charge on any atom is -0.322 e. The second-order valence-corrected chi connectivity index (χ2v) is 4.25. The number of nitrogens with zero attached hydrogens (tertiary/aromatic N) is 1. The highest BCUT2D eigenvalue weighted by Crippen LogP contribution is 2.20. The van der Waals surface area contributed by atoms with Crippen LogP contribution in [-0.4, -0.2) is 10.9 Å². The number of pyridine rings is 1. The largest absolute Gasteiger partial charge is 0.322 e. The first-order chi connectivity index (χ1) is 9.13. The van der Waals surface area contributed by atoms with Crippen LogP contribution in [0.5, 0.6) is 0 Å². The Bertz CT molecular complexity index is 610. The van der Waals surface area contributed by atoms with E-state index in [9.17, 15) is 4.79 Å². The Hall–Kier alpha value is -2.40. The van der Waals surface area contributed by atoms with Gasteiger partial charge in [-0.1, -0.05) is 12.1 Å². The first-order valence-corrected chi connectivity index (χ1v) is 5.92. The lowest BCUT2D eigenvalue weighted by molar-refractivity contribution is 0.102. The number of hydrogen-bond acceptors (Lipinski definition) is 4. The highest BCUT2D eigenvalue weighted by atomic mass is 16.1. The molecule has 5 nitrogen and oxygen atoms in total. The van der Waals surface area contributed by atoms with Crippen molar-refractivity contribution in [1.82, 2.24) is 4.98 Å². The van der Waals surface area contributed by atoms with Crippen LogP contribution in [0.4, 0.5) is 11.5 Å². The number of carbonyl (C=O) groups is 1. The Kier molecular flexibility index (Phi) is 3.77. The molecule has 0 bridgehead atoms. The first-order valence-electron chi connectivity index (χ1n) is 5.92. The molecule has 19 heavy (non-hydrogen) atoms. The summed E-state index contributed by atoms with van der Waals surface area (Å²) in [6.45, 7) is 3.97. The maximum atomic E-state index is 12.2. The third kappa shape index (κ3) is 2.71. The molecule has 2 rings (SSSR count). The zero-order valence-electron chi connectivity index (χ0n) is 10.9. The first kappa shape index (κ1) is 13.0. The van der Waals surface area contributed by atoms with Gasteiger partial charge in [-0.3, -0.25) is 4.79 Å². The minimum atomic E-state index is -0.241. The molecule has 0 fully saturated rings. The van der Waals surface area contributed by atoms with Crippen LogP contribution in [0.25, 0.3) is 0 Å². The van der Waals surface area contributed by atoms with Gasteiger partial charge in [0, 0.05) is 11.9 Å². The van der Waals surface area contributed by atoms with E-state index < -0.39 is 0 Å². The molecule has 0 aliphatic heterocycles. The normalized spacial score (nSPS) is 10.1. The zero-order valence-corrected chi connectivity index (χ0v) is 10.9. The average molecular weight is 256 g/mol. The Labute approximate surface area is 111 Å². The van der Waals surface area contributed by atoms with E-state index in [2.05, 4.69) is 15.7 Å². The van der Waals surface area contributed by atoms with Gasteiger partial charge in [-0.25, -0.2) is 10.8 Å². The van der Waals surface area contributed by atoms with E-state index in [1.54, 1.807) is 18.3 Å². The van der Waals surface area contributed by atoms with Crippen LogP contribution in [0.1, 0.15) is 21.5 Å². The molecule has 5 heteroatoms. The van der Waals surface area contributed by atoms with Crippen molar-refractivity contribution in [1.29, 1.82) is 0 Å². The third-order valence-electron chi connectivity index (χ3n) is 3.04. The summed E-state index contributed by atoms with van der Waals surface area (Å²) in [5, 5.41) is 2.87. The highest BCUT2D eigenvalue weighted by Gasteiger charge is 2.12. The van der Waals surface area contributed by atoms with Gasteiger partial charge in [-0.2, -0.15) is 0 Å². The van der Waals surface area contributed by atoms with Crippen molar-refractivity contribution in [2.45, 2.75) is 13.8 Å². The molecule has 2 aromatic rings. The summed E-state index contributed by atoms with van der Waals surface area (Å²) in [7, 11) is 0. The van der Waals surface area contributed by atoms with Crippen LogP contribution in [0.15, 0.2) is 36.5 Å². The summed E-state index contributed by atoms with van der Waals surface area (Å²) in [5.74, 6) is 5.45. The number of aromatic nitrogens is 1. The van der Waals surface area contributed by atoms with Crippen molar-refractivity contribution in [2.75, 3.05) is 10.7 Å².